The molecule has 2 aliphatic rings. The molecule has 0 spiro atoms. The number of aromatic amines is 1. The molecule has 1 saturated heterocycles. The topological polar surface area (TPSA) is 84.1 Å². The van der Waals surface area contributed by atoms with E-state index in [9.17, 15) is 14.0 Å². The van der Waals surface area contributed by atoms with Gasteiger partial charge in [0.15, 0.2) is 0 Å². The Hall–Kier alpha value is -2.15. The standard InChI is InChI=1S/C18H23FN4O2/c1-9-15-13(17(24)21-18(25)23(15)12-3-4-12)7-14(19)16(9)22-6-5-11(8-22)10(2)20/h7,10-12H,3-6,8,20H2,1-2H3,(H,21,24,25)/t10-,11+/m1/s1. The van der Waals surface area contributed by atoms with Gasteiger partial charge in [0.2, 0.25) is 0 Å². The van der Waals surface area contributed by atoms with Gasteiger partial charge in [0, 0.05) is 30.7 Å². The van der Waals surface area contributed by atoms with Crippen LogP contribution in [0.3, 0.4) is 0 Å². The van der Waals surface area contributed by atoms with Gasteiger partial charge < -0.3 is 10.6 Å². The maximum absolute atomic E-state index is 14.9. The summed E-state index contributed by atoms with van der Waals surface area (Å²) in [4.78, 5) is 28.9. The Morgan fingerprint density at radius 1 is 1.32 bits per heavy atom. The number of nitrogens with one attached hydrogen (secondary N) is 1. The fourth-order valence-corrected chi connectivity index (χ4v) is 4.06. The number of H-pyrrole nitrogens is 1. The Balaban J connectivity index is 1.93. The minimum absolute atomic E-state index is 0.0568. The summed E-state index contributed by atoms with van der Waals surface area (Å²) in [6.07, 6.45) is 2.73. The summed E-state index contributed by atoms with van der Waals surface area (Å²) in [6, 6.07) is 1.43. The van der Waals surface area contributed by atoms with E-state index in [2.05, 4.69) is 4.98 Å². The van der Waals surface area contributed by atoms with Crippen molar-refractivity contribution >= 4 is 16.6 Å². The van der Waals surface area contributed by atoms with Gasteiger partial charge in [0.25, 0.3) is 5.56 Å². The van der Waals surface area contributed by atoms with E-state index in [1.807, 2.05) is 11.8 Å². The number of halogens is 1. The molecular weight excluding hydrogens is 323 g/mol. The largest absolute Gasteiger partial charge is 0.369 e. The third-order valence-corrected chi connectivity index (χ3v) is 5.58. The SMILES string of the molecule is Cc1c(N2CC[C@H]([C@@H](C)N)C2)c(F)cc2c(=O)[nH]c(=O)n(C3CC3)c12. The van der Waals surface area contributed by atoms with Gasteiger partial charge in [-0.3, -0.25) is 14.3 Å². The number of hydrogen-bond acceptors (Lipinski definition) is 4. The lowest BCUT2D eigenvalue weighted by Gasteiger charge is -2.24. The van der Waals surface area contributed by atoms with Crippen molar-refractivity contribution in [3.05, 3.63) is 38.3 Å². The van der Waals surface area contributed by atoms with E-state index >= 15 is 0 Å². The van der Waals surface area contributed by atoms with Crippen molar-refractivity contribution in [2.75, 3.05) is 18.0 Å². The number of rotatable bonds is 3. The van der Waals surface area contributed by atoms with Gasteiger partial charge in [-0.1, -0.05) is 0 Å². The molecule has 7 heteroatoms. The number of anilines is 1. The predicted octanol–water partition coefficient (Wildman–Crippen LogP) is 1.65. The second-order valence-corrected chi connectivity index (χ2v) is 7.44. The maximum Gasteiger partial charge on any atom is 0.329 e. The first kappa shape index (κ1) is 16.3. The van der Waals surface area contributed by atoms with Crippen LogP contribution >= 0.6 is 0 Å². The highest BCUT2D eigenvalue weighted by molar-refractivity contribution is 5.87. The van der Waals surface area contributed by atoms with Gasteiger partial charge in [0.1, 0.15) is 5.82 Å². The Kier molecular flexibility index (Phi) is 3.72. The summed E-state index contributed by atoms with van der Waals surface area (Å²) in [7, 11) is 0. The summed E-state index contributed by atoms with van der Waals surface area (Å²) in [6.45, 7) is 5.20. The fourth-order valence-electron chi connectivity index (χ4n) is 4.06. The molecule has 25 heavy (non-hydrogen) atoms. The molecule has 1 saturated carbocycles. The van der Waals surface area contributed by atoms with Gasteiger partial charge in [0.05, 0.1) is 16.6 Å². The molecule has 4 rings (SSSR count). The van der Waals surface area contributed by atoms with Crippen LogP contribution in [0, 0.1) is 18.7 Å². The number of aryl methyl sites for hydroxylation is 1. The van der Waals surface area contributed by atoms with Crippen LogP contribution in [-0.4, -0.2) is 28.7 Å². The van der Waals surface area contributed by atoms with E-state index in [1.165, 1.54) is 6.07 Å². The smallest absolute Gasteiger partial charge is 0.329 e. The Morgan fingerprint density at radius 3 is 2.64 bits per heavy atom. The van der Waals surface area contributed by atoms with Crippen LogP contribution in [0.2, 0.25) is 0 Å². The zero-order chi connectivity index (χ0) is 17.9. The third kappa shape index (κ3) is 2.57. The molecule has 0 amide bonds. The molecule has 0 unspecified atom stereocenters. The van der Waals surface area contributed by atoms with Crippen LogP contribution in [0.4, 0.5) is 10.1 Å². The highest BCUT2D eigenvalue weighted by Crippen LogP contribution is 2.39. The Labute approximate surface area is 144 Å². The summed E-state index contributed by atoms with van der Waals surface area (Å²) < 4.78 is 16.5. The van der Waals surface area contributed by atoms with Gasteiger partial charge >= 0.3 is 5.69 Å². The summed E-state index contributed by atoms with van der Waals surface area (Å²) >= 11 is 0. The zero-order valence-electron chi connectivity index (χ0n) is 14.5. The first-order chi connectivity index (χ1) is 11.9. The number of fused-ring (bicyclic) bond motifs is 1. The van der Waals surface area contributed by atoms with Crippen LogP contribution in [0.15, 0.2) is 15.7 Å². The van der Waals surface area contributed by atoms with Crippen LogP contribution in [0.25, 0.3) is 10.9 Å². The second-order valence-electron chi connectivity index (χ2n) is 7.44. The molecule has 6 nitrogen and oxygen atoms in total. The Morgan fingerprint density at radius 2 is 2.04 bits per heavy atom. The van der Waals surface area contributed by atoms with Gasteiger partial charge in [-0.2, -0.15) is 0 Å². The van der Waals surface area contributed by atoms with E-state index in [0.717, 1.165) is 25.8 Å². The molecule has 2 fully saturated rings. The van der Waals surface area contributed by atoms with E-state index in [0.29, 0.717) is 29.2 Å². The lowest BCUT2D eigenvalue weighted by molar-refractivity contribution is 0.487. The average molecular weight is 346 g/mol. The molecule has 0 radical (unpaired) electrons. The number of hydrogen-bond donors (Lipinski definition) is 2. The highest BCUT2D eigenvalue weighted by Gasteiger charge is 2.32. The molecule has 1 aliphatic heterocycles. The lowest BCUT2D eigenvalue weighted by Crippen LogP contribution is -2.32. The highest BCUT2D eigenvalue weighted by atomic mass is 19.1. The van der Waals surface area contributed by atoms with Crippen molar-refractivity contribution in [2.45, 2.75) is 45.2 Å². The lowest BCUT2D eigenvalue weighted by atomic mass is 10.0. The first-order valence-corrected chi connectivity index (χ1v) is 8.86. The molecule has 2 aromatic rings. The Bertz CT molecular complexity index is 958. The van der Waals surface area contributed by atoms with Gasteiger partial charge in [-0.05, 0) is 45.1 Å². The number of nitrogens with zero attached hydrogens (tertiary/aromatic N) is 2. The molecule has 134 valence electrons. The molecule has 1 aliphatic carbocycles. The quantitative estimate of drug-likeness (QED) is 0.885. The zero-order valence-corrected chi connectivity index (χ0v) is 14.5. The molecule has 1 aromatic heterocycles. The third-order valence-electron chi connectivity index (χ3n) is 5.58. The van der Waals surface area contributed by atoms with Crippen LogP contribution in [0.5, 0.6) is 0 Å². The van der Waals surface area contributed by atoms with E-state index in [1.54, 1.807) is 11.5 Å². The monoisotopic (exact) mass is 346 g/mol. The minimum Gasteiger partial charge on any atom is -0.369 e. The normalized spacial score (nSPS) is 21.9. The van der Waals surface area contributed by atoms with Crippen LogP contribution < -0.4 is 21.9 Å². The predicted molar refractivity (Wildman–Crippen MR) is 95.8 cm³/mol. The van der Waals surface area contributed by atoms with Crippen molar-refractivity contribution in [3.8, 4) is 0 Å². The number of nitrogens with two attached hydrogens (primary N) is 1. The van der Waals surface area contributed by atoms with E-state index in [4.69, 9.17) is 5.73 Å². The van der Waals surface area contributed by atoms with E-state index in [-0.39, 0.29) is 17.5 Å². The number of aromatic nitrogens is 2. The summed E-state index contributed by atoms with van der Waals surface area (Å²) in [5.41, 5.74) is 6.80. The first-order valence-electron chi connectivity index (χ1n) is 8.86. The van der Waals surface area contributed by atoms with Crippen LogP contribution in [-0.2, 0) is 0 Å². The summed E-state index contributed by atoms with van der Waals surface area (Å²) in [5, 5.41) is 0.244. The van der Waals surface area contributed by atoms with Crippen molar-refractivity contribution < 1.29 is 4.39 Å². The van der Waals surface area contributed by atoms with Gasteiger partial charge in [-0.15, -0.1) is 0 Å². The van der Waals surface area contributed by atoms with Crippen molar-refractivity contribution in [1.82, 2.24) is 9.55 Å². The van der Waals surface area contributed by atoms with E-state index < -0.39 is 17.1 Å². The maximum atomic E-state index is 14.9. The molecule has 2 atom stereocenters. The molecular formula is C18H23FN4O2. The molecule has 0 bridgehead atoms. The van der Waals surface area contributed by atoms with Crippen molar-refractivity contribution in [2.24, 2.45) is 11.7 Å². The van der Waals surface area contributed by atoms with Crippen LogP contribution in [0.1, 0.15) is 37.8 Å². The summed E-state index contributed by atoms with van der Waals surface area (Å²) in [5.74, 6) is -0.0962. The second kappa shape index (κ2) is 5.69. The van der Waals surface area contributed by atoms with Gasteiger partial charge in [-0.25, -0.2) is 9.18 Å². The van der Waals surface area contributed by atoms with Crippen molar-refractivity contribution in [1.29, 1.82) is 0 Å². The minimum atomic E-state index is -0.527. The molecule has 1 aromatic carbocycles. The average Bonchev–Trinajstić information content (AvgIpc) is 3.25. The molecule has 3 N–H and O–H groups in total. The molecule has 2 heterocycles. The number of benzene rings is 1. The fraction of sp³-hybridized carbons (Fsp3) is 0.556. The van der Waals surface area contributed by atoms with Crippen molar-refractivity contribution in [3.63, 3.8) is 0 Å².